The largest absolute Gasteiger partial charge is 0.455 e. The summed E-state index contributed by atoms with van der Waals surface area (Å²) in [5.41, 5.74) is 8.60. The van der Waals surface area contributed by atoms with Gasteiger partial charge >= 0.3 is 17.9 Å². The summed E-state index contributed by atoms with van der Waals surface area (Å²) in [7, 11) is 0. The number of rotatable bonds is 8. The van der Waals surface area contributed by atoms with Gasteiger partial charge in [0.2, 0.25) is 6.23 Å². The number of azide groups is 1. The van der Waals surface area contributed by atoms with E-state index in [9.17, 15) is 19.7 Å². The van der Waals surface area contributed by atoms with Crippen LogP contribution in [0.2, 0.25) is 0 Å². The summed E-state index contributed by atoms with van der Waals surface area (Å²) in [5.74, 6) is -2.24. The molecule has 13 nitrogen and oxygen atoms in total. The molecule has 0 radical (unpaired) electrons. The Hall–Kier alpha value is -3.18. The fraction of sp³-hybridized carbons (Fsp3) is 0.667. The molecular weight excluding hydrogens is 376 g/mol. The number of hydrogen-bond donors (Lipinski definition) is 0. The van der Waals surface area contributed by atoms with Gasteiger partial charge in [-0.05, 0) is 10.5 Å². The van der Waals surface area contributed by atoms with Crippen LogP contribution in [0.4, 0.5) is 5.95 Å². The zero-order valence-corrected chi connectivity index (χ0v) is 15.5. The van der Waals surface area contributed by atoms with Gasteiger partial charge in [0.15, 0.2) is 12.2 Å². The lowest BCUT2D eigenvalue weighted by Gasteiger charge is -2.24. The molecule has 1 aliphatic heterocycles. The van der Waals surface area contributed by atoms with Crippen LogP contribution in [0.3, 0.4) is 0 Å². The minimum Gasteiger partial charge on any atom is -0.455 e. The summed E-state index contributed by atoms with van der Waals surface area (Å²) in [5, 5.41) is 14.7. The van der Waals surface area contributed by atoms with Crippen LogP contribution in [0.15, 0.2) is 17.5 Å². The van der Waals surface area contributed by atoms with Crippen LogP contribution in [0.1, 0.15) is 33.4 Å². The molecule has 1 fully saturated rings. The average Bonchev–Trinajstić information content (AvgIpc) is 3.25. The third-order valence-corrected chi connectivity index (χ3v) is 3.98. The molecular formula is C15H20N6O7. The SMILES string of the molecule is CCC(=O)O[C@H]1C(CN=[N+]=[N-])OC(n2ccnc2[N+](=O)[O-])[C@@H]1OC(=O)C(C)C. The van der Waals surface area contributed by atoms with Crippen molar-refractivity contribution in [3.63, 3.8) is 0 Å². The number of aromatic nitrogens is 2. The van der Waals surface area contributed by atoms with Gasteiger partial charge in [-0.25, -0.2) is 0 Å². The lowest BCUT2D eigenvalue weighted by Crippen LogP contribution is -2.41. The van der Waals surface area contributed by atoms with Crippen molar-refractivity contribution in [3.8, 4) is 0 Å². The summed E-state index contributed by atoms with van der Waals surface area (Å²) in [6, 6.07) is 0. The molecule has 0 spiro atoms. The Morgan fingerprint density at radius 2 is 2.18 bits per heavy atom. The Balaban J connectivity index is 2.45. The first-order chi connectivity index (χ1) is 13.3. The van der Waals surface area contributed by atoms with E-state index in [-0.39, 0.29) is 13.0 Å². The van der Waals surface area contributed by atoms with Crippen LogP contribution in [0.25, 0.3) is 10.4 Å². The van der Waals surface area contributed by atoms with Crippen molar-refractivity contribution in [1.29, 1.82) is 0 Å². The van der Waals surface area contributed by atoms with Gasteiger partial charge in [0, 0.05) is 11.3 Å². The average molecular weight is 396 g/mol. The standard InChI is InChI=1S/C15H20N6O7/c1-4-10(22)27-11-9(7-18-19-16)26-13(12(11)28-14(23)8(2)3)20-6-5-17-15(20)21(24)25/h5-6,8-9,11-13H,4,7H2,1-3H3/t9?,11-,12+,13?/m0/s1. The van der Waals surface area contributed by atoms with Crippen LogP contribution in [0.5, 0.6) is 0 Å². The smallest absolute Gasteiger partial charge is 0.436 e. The van der Waals surface area contributed by atoms with E-state index in [0.29, 0.717) is 0 Å². The Labute approximate surface area is 159 Å². The molecule has 1 saturated heterocycles. The lowest BCUT2D eigenvalue weighted by atomic mass is 10.1. The predicted molar refractivity (Wildman–Crippen MR) is 91.7 cm³/mol. The number of ether oxygens (including phenoxy) is 3. The van der Waals surface area contributed by atoms with E-state index < -0.39 is 53.3 Å². The van der Waals surface area contributed by atoms with Crippen molar-refractivity contribution in [2.75, 3.05) is 6.54 Å². The Bertz CT molecular complexity index is 788. The molecule has 1 aromatic rings. The van der Waals surface area contributed by atoms with Crippen LogP contribution in [-0.2, 0) is 23.8 Å². The first-order valence-electron chi connectivity index (χ1n) is 8.53. The third kappa shape index (κ3) is 4.56. The second-order valence-electron chi connectivity index (χ2n) is 6.23. The molecule has 0 N–H and O–H groups in total. The predicted octanol–water partition coefficient (Wildman–Crippen LogP) is 1.89. The highest BCUT2D eigenvalue weighted by Crippen LogP contribution is 2.36. The summed E-state index contributed by atoms with van der Waals surface area (Å²) in [6.07, 6.45) is -1.96. The van der Waals surface area contributed by atoms with Gasteiger partial charge in [0.05, 0.1) is 12.5 Å². The van der Waals surface area contributed by atoms with Gasteiger partial charge in [0.25, 0.3) is 0 Å². The van der Waals surface area contributed by atoms with Gasteiger partial charge in [-0.3, -0.25) is 9.59 Å². The fourth-order valence-corrected chi connectivity index (χ4v) is 2.61. The molecule has 28 heavy (non-hydrogen) atoms. The number of carbonyl (C=O) groups excluding carboxylic acids is 2. The molecule has 0 amide bonds. The van der Waals surface area contributed by atoms with Gasteiger partial charge in [0.1, 0.15) is 18.5 Å². The zero-order chi connectivity index (χ0) is 20.8. The van der Waals surface area contributed by atoms with Crippen molar-refractivity contribution >= 4 is 17.9 Å². The first kappa shape index (κ1) is 21.1. The van der Waals surface area contributed by atoms with E-state index in [1.807, 2.05) is 0 Å². The summed E-state index contributed by atoms with van der Waals surface area (Å²) >= 11 is 0. The van der Waals surface area contributed by atoms with Crippen LogP contribution < -0.4 is 0 Å². The molecule has 152 valence electrons. The normalized spacial score (nSPS) is 23.9. The van der Waals surface area contributed by atoms with E-state index in [0.717, 1.165) is 4.57 Å². The van der Waals surface area contributed by atoms with E-state index in [2.05, 4.69) is 15.0 Å². The molecule has 2 unspecified atom stereocenters. The number of carbonyl (C=O) groups is 2. The molecule has 13 heteroatoms. The van der Waals surface area contributed by atoms with Crippen molar-refractivity contribution in [3.05, 3.63) is 33.0 Å². The zero-order valence-electron chi connectivity index (χ0n) is 15.5. The van der Waals surface area contributed by atoms with Crippen LogP contribution >= 0.6 is 0 Å². The molecule has 0 bridgehead atoms. The fourth-order valence-electron chi connectivity index (χ4n) is 2.61. The van der Waals surface area contributed by atoms with E-state index in [1.54, 1.807) is 20.8 Å². The van der Waals surface area contributed by atoms with Crippen LogP contribution in [-0.4, -0.2) is 51.3 Å². The van der Waals surface area contributed by atoms with Crippen molar-refractivity contribution < 1.29 is 28.7 Å². The monoisotopic (exact) mass is 396 g/mol. The lowest BCUT2D eigenvalue weighted by molar-refractivity contribution is -0.398. The Morgan fingerprint density at radius 3 is 2.75 bits per heavy atom. The van der Waals surface area contributed by atoms with Gasteiger partial charge < -0.3 is 24.3 Å². The minimum atomic E-state index is -1.20. The molecule has 4 atom stereocenters. The third-order valence-electron chi connectivity index (χ3n) is 3.98. The highest BCUT2D eigenvalue weighted by molar-refractivity contribution is 5.72. The Morgan fingerprint density at radius 1 is 1.46 bits per heavy atom. The first-order valence-corrected chi connectivity index (χ1v) is 8.53. The van der Waals surface area contributed by atoms with Gasteiger partial charge in [-0.15, -0.1) is 0 Å². The second-order valence-corrected chi connectivity index (χ2v) is 6.23. The maximum Gasteiger partial charge on any atom is 0.436 e. The second kappa shape index (κ2) is 9.15. The van der Waals surface area contributed by atoms with Crippen molar-refractivity contribution in [1.82, 2.24) is 9.55 Å². The Kier molecular flexibility index (Phi) is 6.90. The van der Waals surface area contributed by atoms with Crippen molar-refractivity contribution in [2.45, 2.75) is 51.7 Å². The molecule has 0 aliphatic carbocycles. The summed E-state index contributed by atoms with van der Waals surface area (Å²) in [6.45, 7) is 4.56. The summed E-state index contributed by atoms with van der Waals surface area (Å²) < 4.78 is 17.6. The van der Waals surface area contributed by atoms with Crippen LogP contribution in [0, 0.1) is 16.0 Å². The molecule has 1 aliphatic rings. The number of nitro groups is 1. The van der Waals surface area contributed by atoms with E-state index in [4.69, 9.17) is 19.7 Å². The van der Waals surface area contributed by atoms with Gasteiger partial charge in [-0.2, -0.15) is 4.57 Å². The minimum absolute atomic E-state index is 0.0471. The van der Waals surface area contributed by atoms with E-state index >= 15 is 0 Å². The molecule has 0 saturated carbocycles. The highest BCUT2D eigenvalue weighted by Gasteiger charge is 2.52. The maximum atomic E-state index is 12.2. The van der Waals surface area contributed by atoms with Crippen molar-refractivity contribution in [2.24, 2.45) is 11.0 Å². The molecule has 2 heterocycles. The quantitative estimate of drug-likeness (QED) is 0.160. The maximum absolute atomic E-state index is 12.2. The van der Waals surface area contributed by atoms with E-state index in [1.165, 1.54) is 12.4 Å². The highest BCUT2D eigenvalue weighted by atomic mass is 16.7. The van der Waals surface area contributed by atoms with Gasteiger partial charge in [-0.1, -0.05) is 30.9 Å². The molecule has 1 aromatic heterocycles. The number of hydrogen-bond acceptors (Lipinski definition) is 9. The number of esters is 2. The number of imidazole rings is 1. The summed E-state index contributed by atoms with van der Waals surface area (Å²) in [4.78, 5) is 40.9. The molecule has 0 aromatic carbocycles. The molecule has 2 rings (SSSR count). The topological polar surface area (TPSA) is 172 Å². The number of nitrogens with zero attached hydrogens (tertiary/aromatic N) is 6.